The van der Waals surface area contributed by atoms with Gasteiger partial charge in [0.25, 0.3) is 17.1 Å². The Balaban J connectivity index is 1.44. The van der Waals surface area contributed by atoms with E-state index in [4.69, 9.17) is 16.3 Å². The molecule has 8 heteroatoms. The highest BCUT2D eigenvalue weighted by molar-refractivity contribution is 8.18. The number of nitrogens with zero attached hydrogens (tertiary/aromatic N) is 1. The van der Waals surface area contributed by atoms with Crippen molar-refractivity contribution in [3.63, 3.8) is 0 Å². The summed E-state index contributed by atoms with van der Waals surface area (Å²) in [6, 6.07) is 19.8. The van der Waals surface area contributed by atoms with Crippen LogP contribution in [-0.4, -0.2) is 28.6 Å². The van der Waals surface area contributed by atoms with Crippen LogP contribution in [0.15, 0.2) is 71.6 Å². The zero-order valence-electron chi connectivity index (χ0n) is 19.2. The smallest absolute Gasteiger partial charge is 0.293 e. The number of carbonyl (C=O) groups is 3. The van der Waals surface area contributed by atoms with E-state index in [2.05, 4.69) is 5.32 Å². The number of nitrogens with one attached hydrogen (secondary N) is 1. The summed E-state index contributed by atoms with van der Waals surface area (Å²) < 4.78 is 5.74. The van der Waals surface area contributed by atoms with Crippen LogP contribution in [0.4, 0.5) is 10.5 Å². The quantitative estimate of drug-likeness (QED) is 0.385. The number of carbonyl (C=O) groups excluding carboxylic acids is 3. The lowest BCUT2D eigenvalue weighted by Crippen LogP contribution is -2.27. The molecule has 3 aromatic carbocycles. The highest BCUT2D eigenvalue weighted by atomic mass is 35.5. The summed E-state index contributed by atoms with van der Waals surface area (Å²) in [6.07, 6.45) is 1.61. The van der Waals surface area contributed by atoms with Gasteiger partial charge in [-0.2, -0.15) is 0 Å². The molecule has 0 radical (unpaired) electrons. The van der Waals surface area contributed by atoms with Crippen molar-refractivity contribution in [1.82, 2.24) is 4.90 Å². The van der Waals surface area contributed by atoms with Crippen LogP contribution in [0.2, 0.25) is 5.02 Å². The molecule has 0 saturated carbocycles. The van der Waals surface area contributed by atoms with Crippen molar-refractivity contribution >= 4 is 52.2 Å². The number of ether oxygens (including phenoxy) is 1. The lowest BCUT2D eigenvalue weighted by atomic mass is 10.1. The molecular formula is C27H23ClN2O4S. The van der Waals surface area contributed by atoms with Crippen LogP contribution in [0.5, 0.6) is 5.75 Å². The van der Waals surface area contributed by atoms with E-state index in [9.17, 15) is 14.4 Å². The van der Waals surface area contributed by atoms with Crippen LogP contribution in [-0.2, 0) is 16.1 Å². The number of imide groups is 1. The van der Waals surface area contributed by atoms with Gasteiger partial charge in [-0.15, -0.1) is 0 Å². The van der Waals surface area contributed by atoms with Gasteiger partial charge in [0.1, 0.15) is 5.75 Å². The predicted molar refractivity (Wildman–Crippen MR) is 139 cm³/mol. The van der Waals surface area contributed by atoms with Gasteiger partial charge in [-0.3, -0.25) is 19.3 Å². The molecule has 1 fully saturated rings. The number of aryl methyl sites for hydroxylation is 2. The van der Waals surface area contributed by atoms with Crippen LogP contribution in [0.3, 0.4) is 0 Å². The molecule has 0 spiro atoms. The summed E-state index contributed by atoms with van der Waals surface area (Å²) in [7, 11) is 0. The van der Waals surface area contributed by atoms with Gasteiger partial charge in [0.15, 0.2) is 6.61 Å². The van der Waals surface area contributed by atoms with Gasteiger partial charge in [0.05, 0.1) is 11.4 Å². The topological polar surface area (TPSA) is 75.7 Å². The Labute approximate surface area is 212 Å². The number of thioether (sulfide) groups is 1. The number of hydrogen-bond acceptors (Lipinski definition) is 5. The molecular weight excluding hydrogens is 484 g/mol. The second-order valence-electron chi connectivity index (χ2n) is 8.07. The number of amides is 3. The summed E-state index contributed by atoms with van der Waals surface area (Å²) in [5.74, 6) is -0.253. The van der Waals surface area contributed by atoms with E-state index in [1.807, 2.05) is 38.1 Å². The highest BCUT2D eigenvalue weighted by Gasteiger charge is 2.35. The zero-order chi connectivity index (χ0) is 24.9. The van der Waals surface area contributed by atoms with Gasteiger partial charge >= 0.3 is 0 Å². The number of halogens is 1. The SMILES string of the molecule is Cc1ccc(NC(=O)COc2ccccc2/C=C2\SC(=O)N(Cc3cccc(Cl)c3)C2=O)cc1C. The van der Waals surface area contributed by atoms with Crippen LogP contribution in [0.1, 0.15) is 22.3 Å². The second kappa shape index (κ2) is 10.8. The Morgan fingerprint density at radius 1 is 1.03 bits per heavy atom. The van der Waals surface area contributed by atoms with Gasteiger partial charge < -0.3 is 10.1 Å². The number of anilines is 1. The minimum absolute atomic E-state index is 0.138. The maximum atomic E-state index is 12.9. The molecule has 3 aromatic rings. The van der Waals surface area contributed by atoms with Crippen molar-refractivity contribution in [1.29, 1.82) is 0 Å². The predicted octanol–water partition coefficient (Wildman–Crippen LogP) is 6.21. The maximum Gasteiger partial charge on any atom is 0.293 e. The first kappa shape index (κ1) is 24.6. The third-order valence-electron chi connectivity index (χ3n) is 5.46. The van der Waals surface area contributed by atoms with E-state index in [0.717, 1.165) is 28.5 Å². The average molecular weight is 507 g/mol. The molecule has 0 aliphatic carbocycles. The number of rotatable bonds is 7. The highest BCUT2D eigenvalue weighted by Crippen LogP contribution is 2.35. The fourth-order valence-electron chi connectivity index (χ4n) is 3.49. The average Bonchev–Trinajstić information content (AvgIpc) is 3.08. The summed E-state index contributed by atoms with van der Waals surface area (Å²) in [4.78, 5) is 39.3. The Morgan fingerprint density at radius 3 is 2.60 bits per heavy atom. The van der Waals surface area contributed by atoms with Crippen molar-refractivity contribution in [2.24, 2.45) is 0 Å². The molecule has 1 aliphatic rings. The lowest BCUT2D eigenvalue weighted by molar-refractivity contribution is -0.123. The third kappa shape index (κ3) is 6.12. The number of hydrogen-bond donors (Lipinski definition) is 1. The first-order valence-corrected chi connectivity index (χ1v) is 12.1. The molecule has 4 rings (SSSR count). The second-order valence-corrected chi connectivity index (χ2v) is 9.50. The normalized spacial score (nSPS) is 14.5. The van der Waals surface area contributed by atoms with E-state index in [0.29, 0.717) is 22.0 Å². The summed E-state index contributed by atoms with van der Waals surface area (Å²) >= 11 is 6.89. The van der Waals surface area contributed by atoms with Gasteiger partial charge in [-0.05, 0) is 78.7 Å². The monoisotopic (exact) mass is 506 g/mol. The van der Waals surface area contributed by atoms with Crippen molar-refractivity contribution in [3.8, 4) is 5.75 Å². The molecule has 1 saturated heterocycles. The molecule has 0 atom stereocenters. The first-order valence-electron chi connectivity index (χ1n) is 10.9. The van der Waals surface area contributed by atoms with Crippen molar-refractivity contribution in [2.75, 3.05) is 11.9 Å². The number of para-hydroxylation sites is 1. The minimum atomic E-state index is -0.387. The Morgan fingerprint density at radius 2 is 1.83 bits per heavy atom. The van der Waals surface area contributed by atoms with Crippen molar-refractivity contribution < 1.29 is 19.1 Å². The molecule has 0 bridgehead atoms. The first-order chi connectivity index (χ1) is 16.8. The lowest BCUT2D eigenvalue weighted by Gasteiger charge is -2.13. The fraction of sp³-hybridized carbons (Fsp3) is 0.148. The summed E-state index contributed by atoms with van der Waals surface area (Å²) in [5, 5.41) is 3.01. The summed E-state index contributed by atoms with van der Waals surface area (Å²) in [5.41, 5.74) is 4.28. The largest absolute Gasteiger partial charge is 0.483 e. The van der Waals surface area contributed by atoms with Gasteiger partial charge in [-0.25, -0.2) is 0 Å². The van der Waals surface area contributed by atoms with Crippen molar-refractivity contribution in [3.05, 3.63) is 98.9 Å². The van der Waals surface area contributed by atoms with E-state index in [1.165, 1.54) is 4.90 Å². The van der Waals surface area contributed by atoms with E-state index < -0.39 is 0 Å². The molecule has 35 heavy (non-hydrogen) atoms. The fourth-order valence-corrected chi connectivity index (χ4v) is 4.53. The molecule has 1 N–H and O–H groups in total. The van der Waals surface area contributed by atoms with Crippen LogP contribution in [0.25, 0.3) is 6.08 Å². The number of benzene rings is 3. The van der Waals surface area contributed by atoms with Gasteiger partial charge in [-0.1, -0.05) is 48.0 Å². The molecule has 3 amide bonds. The van der Waals surface area contributed by atoms with Crippen LogP contribution < -0.4 is 10.1 Å². The van der Waals surface area contributed by atoms with Crippen LogP contribution >= 0.6 is 23.4 Å². The Hall–Kier alpha value is -3.55. The minimum Gasteiger partial charge on any atom is -0.483 e. The Kier molecular flexibility index (Phi) is 7.58. The maximum absolute atomic E-state index is 12.9. The molecule has 1 aliphatic heterocycles. The van der Waals surface area contributed by atoms with Gasteiger partial charge in [0.2, 0.25) is 0 Å². The standard InChI is InChI=1S/C27H23ClN2O4S/c1-17-10-11-22(12-18(17)2)29-25(31)16-34-23-9-4-3-7-20(23)14-24-26(32)30(27(33)35-24)15-19-6-5-8-21(28)13-19/h3-14H,15-16H2,1-2H3,(H,29,31)/b24-14-. The molecule has 178 valence electrons. The Bertz CT molecular complexity index is 1340. The van der Waals surface area contributed by atoms with Crippen LogP contribution in [0, 0.1) is 13.8 Å². The molecule has 1 heterocycles. The van der Waals surface area contributed by atoms with E-state index in [-0.39, 0.29) is 35.1 Å². The third-order valence-corrected chi connectivity index (χ3v) is 6.60. The molecule has 0 unspecified atom stereocenters. The van der Waals surface area contributed by atoms with E-state index in [1.54, 1.807) is 48.5 Å². The zero-order valence-corrected chi connectivity index (χ0v) is 20.8. The van der Waals surface area contributed by atoms with Gasteiger partial charge in [0, 0.05) is 16.3 Å². The molecule has 0 aromatic heterocycles. The summed E-state index contributed by atoms with van der Waals surface area (Å²) in [6.45, 7) is 3.93. The molecule has 6 nitrogen and oxygen atoms in total. The van der Waals surface area contributed by atoms with E-state index >= 15 is 0 Å². The van der Waals surface area contributed by atoms with Crippen molar-refractivity contribution in [2.45, 2.75) is 20.4 Å².